The third kappa shape index (κ3) is 3.59. The largest absolute Gasteiger partial charge is 0.314 e. The molecule has 0 N–H and O–H groups in total. The average Bonchev–Trinajstić information content (AvgIpc) is 2.91. The van der Waals surface area contributed by atoms with E-state index in [2.05, 4.69) is 25.6 Å². The molecule has 1 aliphatic rings. The normalized spacial score (nSPS) is 17.6. The molecule has 1 amide bonds. The van der Waals surface area contributed by atoms with Gasteiger partial charge in [-0.25, -0.2) is 4.85 Å². The quantitative estimate of drug-likeness (QED) is 0.542. The summed E-state index contributed by atoms with van der Waals surface area (Å²) in [4.78, 5) is 18.6. The minimum Gasteiger partial charge on any atom is -0.314 e. The minimum absolute atomic E-state index is 0. The van der Waals surface area contributed by atoms with Gasteiger partial charge in [0.15, 0.2) is 11.7 Å². The van der Waals surface area contributed by atoms with Crippen LogP contribution in [0.25, 0.3) is 4.85 Å². The van der Waals surface area contributed by atoms with Crippen LogP contribution in [0.2, 0.25) is 0 Å². The van der Waals surface area contributed by atoms with Crippen LogP contribution in [0.3, 0.4) is 0 Å². The van der Waals surface area contributed by atoms with Gasteiger partial charge in [0.2, 0.25) is 0 Å². The fraction of sp³-hybridized carbons (Fsp3) is 0.579. The van der Waals surface area contributed by atoms with Crippen LogP contribution >= 0.6 is 0 Å². The molecule has 0 aromatic heterocycles. The summed E-state index contributed by atoms with van der Waals surface area (Å²) in [7, 11) is 0. The molecule has 127 valence electrons. The van der Waals surface area contributed by atoms with Gasteiger partial charge < -0.3 is 9.38 Å². The number of hydrogen-bond acceptors (Lipinski definition) is 1. The van der Waals surface area contributed by atoms with E-state index in [4.69, 9.17) is 6.57 Å². The Labute approximate surface area is 171 Å². The Bertz CT molecular complexity index is 615. The van der Waals surface area contributed by atoms with E-state index in [0.717, 1.165) is 53.9 Å². The third-order valence-corrected chi connectivity index (χ3v) is 5.60. The van der Waals surface area contributed by atoms with Crippen LogP contribution in [-0.2, 0) is 37.5 Å². The maximum absolute atomic E-state index is 13.1. The third-order valence-electron chi connectivity index (χ3n) is 5.60. The van der Waals surface area contributed by atoms with Gasteiger partial charge in [-0.15, -0.1) is 0 Å². The Hall–Kier alpha value is -0.756. The van der Waals surface area contributed by atoms with Gasteiger partial charge in [-0.3, -0.25) is 4.79 Å². The summed E-state index contributed by atoms with van der Waals surface area (Å²) in [5.74, 6) is 0.248. The average molecular weight is 403 g/mol. The molecular formula is C19H28N3OY+. The van der Waals surface area contributed by atoms with E-state index in [1.54, 1.807) is 0 Å². The number of amides is 1. The van der Waals surface area contributed by atoms with E-state index in [0.29, 0.717) is 5.69 Å². The maximum atomic E-state index is 13.1. The van der Waals surface area contributed by atoms with Crippen molar-refractivity contribution in [1.82, 2.24) is 0 Å². The molecule has 1 unspecified atom stereocenters. The van der Waals surface area contributed by atoms with Crippen molar-refractivity contribution in [3.63, 3.8) is 0 Å². The summed E-state index contributed by atoms with van der Waals surface area (Å²) in [5.41, 5.74) is 3.69. The first-order valence-corrected chi connectivity index (χ1v) is 8.59. The monoisotopic (exact) mass is 403 g/mol. The molecule has 1 aliphatic heterocycles. The van der Waals surface area contributed by atoms with Crippen molar-refractivity contribution >= 4 is 17.3 Å². The zero-order chi connectivity index (χ0) is 17.2. The van der Waals surface area contributed by atoms with Crippen LogP contribution in [0, 0.1) is 20.4 Å². The molecule has 1 radical (unpaired) electrons. The van der Waals surface area contributed by atoms with Gasteiger partial charge in [-0.1, -0.05) is 12.1 Å². The summed E-state index contributed by atoms with van der Waals surface area (Å²) in [6, 6.07) is 3.84. The van der Waals surface area contributed by atoms with Gasteiger partial charge in [-0.05, 0) is 45.7 Å². The van der Waals surface area contributed by atoms with Gasteiger partial charge in [0.25, 0.3) is 5.91 Å². The Morgan fingerprint density at radius 3 is 2.08 bits per heavy atom. The van der Waals surface area contributed by atoms with Crippen molar-refractivity contribution in [1.29, 1.82) is 0 Å². The Balaban J connectivity index is 0.00000288. The number of anilines is 1. The summed E-state index contributed by atoms with van der Waals surface area (Å²) in [5, 5.41) is 0. The zero-order valence-electron chi connectivity index (χ0n) is 15.6. The second-order valence-electron chi connectivity index (χ2n) is 6.50. The summed E-state index contributed by atoms with van der Waals surface area (Å²) < 4.78 is 0.869. The number of benzene rings is 1. The molecule has 0 aliphatic carbocycles. The number of nitrogens with zero attached hydrogens (tertiary/aromatic N) is 3. The van der Waals surface area contributed by atoms with Gasteiger partial charge in [0.1, 0.15) is 0 Å². The number of quaternary nitrogens is 1. The number of likely N-dealkylation sites (N-methyl/N-ethyl adjacent to an activating group) is 1. The summed E-state index contributed by atoms with van der Waals surface area (Å²) in [6.45, 7) is 21.5. The molecule has 24 heavy (non-hydrogen) atoms. The van der Waals surface area contributed by atoms with Crippen LogP contribution in [0.15, 0.2) is 12.1 Å². The van der Waals surface area contributed by atoms with Gasteiger partial charge in [0.05, 0.1) is 26.2 Å². The van der Waals surface area contributed by atoms with E-state index < -0.39 is 0 Å². The van der Waals surface area contributed by atoms with E-state index in [1.165, 1.54) is 0 Å². The second-order valence-corrected chi connectivity index (χ2v) is 6.50. The van der Waals surface area contributed by atoms with E-state index in [1.807, 2.05) is 30.9 Å². The number of hydrogen-bond donors (Lipinski definition) is 0. The maximum Gasteiger partial charge on any atom is 0.285 e. The molecule has 5 heteroatoms. The molecule has 1 saturated heterocycles. The molecule has 0 spiro atoms. The van der Waals surface area contributed by atoms with E-state index in [-0.39, 0.29) is 44.7 Å². The Kier molecular flexibility index (Phi) is 7.59. The molecule has 4 nitrogen and oxygen atoms in total. The van der Waals surface area contributed by atoms with Crippen LogP contribution < -0.4 is 4.90 Å². The van der Waals surface area contributed by atoms with Crippen LogP contribution in [0.1, 0.15) is 38.3 Å². The number of carbonyl (C=O) groups excluding carboxylic acids is 1. The van der Waals surface area contributed by atoms with Crippen molar-refractivity contribution in [2.45, 2.75) is 47.1 Å². The van der Waals surface area contributed by atoms with Crippen LogP contribution in [-0.4, -0.2) is 42.6 Å². The van der Waals surface area contributed by atoms with E-state index >= 15 is 0 Å². The smallest absolute Gasteiger partial charge is 0.285 e. The Morgan fingerprint density at radius 2 is 1.67 bits per heavy atom. The first kappa shape index (κ1) is 21.3. The van der Waals surface area contributed by atoms with Gasteiger partial charge in [0, 0.05) is 51.4 Å². The first-order chi connectivity index (χ1) is 10.9. The molecule has 0 saturated carbocycles. The van der Waals surface area contributed by atoms with E-state index in [9.17, 15) is 4.79 Å². The number of carbonyl (C=O) groups is 1. The number of aryl methyl sites for hydroxylation is 2. The van der Waals surface area contributed by atoms with Gasteiger partial charge >= 0.3 is 0 Å². The summed E-state index contributed by atoms with van der Waals surface area (Å²) >= 11 is 0. The van der Waals surface area contributed by atoms with Gasteiger partial charge in [-0.2, -0.15) is 0 Å². The fourth-order valence-electron chi connectivity index (χ4n) is 4.15. The van der Waals surface area contributed by atoms with Crippen molar-refractivity contribution in [2.24, 2.45) is 0 Å². The van der Waals surface area contributed by atoms with Crippen molar-refractivity contribution in [3.8, 4) is 0 Å². The molecule has 1 heterocycles. The predicted molar refractivity (Wildman–Crippen MR) is 94.8 cm³/mol. The molecule has 1 fully saturated rings. The minimum atomic E-state index is 0. The topological polar surface area (TPSA) is 24.7 Å². The predicted octanol–water partition coefficient (Wildman–Crippen LogP) is 3.83. The molecule has 1 aromatic rings. The second kappa shape index (κ2) is 8.56. The zero-order valence-corrected chi connectivity index (χ0v) is 18.4. The fourth-order valence-corrected chi connectivity index (χ4v) is 4.15. The molecular weight excluding hydrogens is 375 g/mol. The standard InChI is InChI=1S/C19H28N3O.Y/c1-7-22(8-2,9-3)17-10-11-21(19(17)23)18-14(4)12-16(20-6)13-15(18)5;/h12-13,17H,7-11H2,1-5H3;/q+1;. The van der Waals surface area contributed by atoms with Crippen LogP contribution in [0.4, 0.5) is 11.4 Å². The molecule has 1 aromatic carbocycles. The molecule has 1 atom stereocenters. The molecule has 2 rings (SSSR count). The van der Waals surface area contributed by atoms with Crippen molar-refractivity contribution < 1.29 is 42.0 Å². The number of rotatable bonds is 5. The summed E-state index contributed by atoms with van der Waals surface area (Å²) in [6.07, 6.45) is 0.914. The van der Waals surface area contributed by atoms with Crippen molar-refractivity contribution in [3.05, 3.63) is 34.7 Å². The first-order valence-electron chi connectivity index (χ1n) is 8.59. The molecule has 0 bridgehead atoms. The Morgan fingerprint density at radius 1 is 1.17 bits per heavy atom. The SMILES string of the molecule is [C-]#[N+]c1cc(C)c(N2CCC([N+](CC)(CC)CC)C2=O)c(C)c1.[Y]. The van der Waals surface area contributed by atoms with Crippen LogP contribution in [0.5, 0.6) is 0 Å². The van der Waals surface area contributed by atoms with Crippen molar-refractivity contribution in [2.75, 3.05) is 31.1 Å².